The lowest BCUT2D eigenvalue weighted by atomic mass is 9.79. The summed E-state index contributed by atoms with van der Waals surface area (Å²) in [6.45, 7) is 3.70. The van der Waals surface area contributed by atoms with Crippen molar-refractivity contribution in [3.8, 4) is 17.1 Å². The summed E-state index contributed by atoms with van der Waals surface area (Å²) in [6, 6.07) is 7.95. The minimum Gasteiger partial charge on any atom is -0.495 e. The molecule has 1 aliphatic carbocycles. The van der Waals surface area contributed by atoms with Crippen molar-refractivity contribution in [2.75, 3.05) is 59.0 Å². The Hall–Kier alpha value is -3.58. The molecule has 0 atom stereocenters. The minimum absolute atomic E-state index is 0.0738. The number of nitrogens with two attached hydrogens (primary N) is 2. The Kier molecular flexibility index (Phi) is 10.4. The summed E-state index contributed by atoms with van der Waals surface area (Å²) in [4.78, 5) is 25.7. The molecule has 5 N–H and O–H groups in total. The fraction of sp³-hybridized carbons (Fsp3) is 0.533. The number of imidazole rings is 1. The molecule has 0 aliphatic heterocycles. The Morgan fingerprint density at radius 2 is 1.79 bits per heavy atom. The number of benzene rings is 1. The van der Waals surface area contributed by atoms with E-state index in [-0.39, 0.29) is 11.8 Å². The highest BCUT2D eigenvalue weighted by atomic mass is 16.5. The number of nitrogens with zero attached hydrogens (tertiary/aromatic N) is 4. The van der Waals surface area contributed by atoms with E-state index in [0.29, 0.717) is 75.4 Å². The largest absolute Gasteiger partial charge is 0.495 e. The second-order valence-corrected chi connectivity index (χ2v) is 10.6. The Morgan fingerprint density at radius 1 is 1.05 bits per heavy atom. The summed E-state index contributed by atoms with van der Waals surface area (Å²) in [5.41, 5.74) is 14.8. The molecule has 1 fully saturated rings. The summed E-state index contributed by atoms with van der Waals surface area (Å²) in [5, 5.41) is 5.54. The zero-order valence-corrected chi connectivity index (χ0v) is 24.2. The number of aromatic nitrogens is 5. The first kappa shape index (κ1) is 29.9. The van der Waals surface area contributed by atoms with E-state index >= 15 is 0 Å². The first-order valence-corrected chi connectivity index (χ1v) is 14.7. The zero-order chi connectivity index (χ0) is 29.3. The molecule has 42 heavy (non-hydrogen) atoms. The van der Waals surface area contributed by atoms with Gasteiger partial charge in [-0.3, -0.25) is 4.79 Å². The number of carbonyl (C=O) groups is 1. The predicted molar refractivity (Wildman–Crippen MR) is 159 cm³/mol. The number of aromatic amines is 1. The van der Waals surface area contributed by atoms with Crippen molar-refractivity contribution in [3.63, 3.8) is 0 Å². The number of anilines is 1. The van der Waals surface area contributed by atoms with Crippen LogP contribution in [0.1, 0.15) is 50.3 Å². The quantitative estimate of drug-likeness (QED) is 0.167. The Bertz CT molecular complexity index is 1460. The lowest BCUT2D eigenvalue weighted by molar-refractivity contribution is -0.124. The van der Waals surface area contributed by atoms with E-state index in [1.807, 2.05) is 28.8 Å². The lowest BCUT2D eigenvalue weighted by Gasteiger charge is -2.26. The molecule has 12 heteroatoms. The van der Waals surface area contributed by atoms with Crippen LogP contribution in [0.5, 0.6) is 5.75 Å². The fourth-order valence-electron chi connectivity index (χ4n) is 5.71. The van der Waals surface area contributed by atoms with Crippen LogP contribution in [-0.2, 0) is 19.0 Å². The Morgan fingerprint density at radius 3 is 2.52 bits per heavy atom. The number of nitrogens with one attached hydrogen (secondary N) is 1. The molecule has 1 saturated carbocycles. The molecule has 4 aromatic rings. The third-order valence-electron chi connectivity index (χ3n) is 7.84. The van der Waals surface area contributed by atoms with Gasteiger partial charge in [-0.05, 0) is 44.2 Å². The van der Waals surface area contributed by atoms with Gasteiger partial charge in [-0.1, -0.05) is 12.1 Å². The van der Waals surface area contributed by atoms with Gasteiger partial charge in [0.1, 0.15) is 34.9 Å². The molecule has 0 saturated heterocycles. The number of hydrogen-bond acceptors (Lipinski definition) is 10. The van der Waals surface area contributed by atoms with Crippen molar-refractivity contribution < 1.29 is 23.7 Å². The predicted octanol–water partition coefficient (Wildman–Crippen LogP) is 3.50. The molecular weight excluding hydrogens is 538 g/mol. The number of methoxy groups -OCH3 is 1. The molecule has 3 aromatic heterocycles. The number of nitrogen functional groups attached to an aromatic ring is 1. The van der Waals surface area contributed by atoms with E-state index in [1.54, 1.807) is 7.11 Å². The summed E-state index contributed by atoms with van der Waals surface area (Å²) in [6.07, 6.45) is 6.11. The second-order valence-electron chi connectivity index (χ2n) is 10.6. The van der Waals surface area contributed by atoms with Gasteiger partial charge >= 0.3 is 0 Å². The highest BCUT2D eigenvalue weighted by Gasteiger charge is 2.31. The van der Waals surface area contributed by atoms with E-state index in [0.717, 1.165) is 60.3 Å². The molecule has 5 rings (SSSR count). The van der Waals surface area contributed by atoms with Crippen LogP contribution in [0.25, 0.3) is 27.8 Å². The summed E-state index contributed by atoms with van der Waals surface area (Å²) in [7, 11) is 1.65. The van der Waals surface area contributed by atoms with Gasteiger partial charge in [-0.15, -0.1) is 0 Å². The highest BCUT2D eigenvalue weighted by Crippen LogP contribution is 2.39. The van der Waals surface area contributed by atoms with Crippen molar-refractivity contribution in [2.24, 2.45) is 11.7 Å². The van der Waals surface area contributed by atoms with Crippen molar-refractivity contribution in [1.82, 2.24) is 24.6 Å². The van der Waals surface area contributed by atoms with Gasteiger partial charge in [-0.2, -0.15) is 5.10 Å². The molecule has 226 valence electrons. The number of fused-ring (bicyclic) bond motifs is 2. The number of H-pyrrole nitrogens is 1. The smallest absolute Gasteiger partial charge is 0.153 e. The van der Waals surface area contributed by atoms with Crippen molar-refractivity contribution in [2.45, 2.75) is 44.4 Å². The maximum Gasteiger partial charge on any atom is 0.153 e. The van der Waals surface area contributed by atoms with Crippen molar-refractivity contribution in [1.29, 1.82) is 0 Å². The van der Waals surface area contributed by atoms with Crippen LogP contribution in [0, 0.1) is 5.92 Å². The molecule has 1 aliphatic rings. The average molecular weight is 580 g/mol. The van der Waals surface area contributed by atoms with Crippen LogP contribution < -0.4 is 16.2 Å². The number of hydrogen-bond donors (Lipinski definition) is 3. The summed E-state index contributed by atoms with van der Waals surface area (Å²) in [5.74, 6) is 2.55. The SMILES string of the molecule is COc1cccc2cc(-c3nc(C4CCC(C(=O)CCCOCCOCCOCCN)CC4)n4ncnc(N)c34)[nH]c12. The van der Waals surface area contributed by atoms with Crippen LogP contribution in [0.2, 0.25) is 0 Å². The molecule has 0 radical (unpaired) electrons. The Labute approximate surface area is 245 Å². The molecule has 1 aromatic carbocycles. The molecular formula is C30H41N7O5. The lowest BCUT2D eigenvalue weighted by Crippen LogP contribution is -2.22. The van der Waals surface area contributed by atoms with Gasteiger partial charge in [0.25, 0.3) is 0 Å². The van der Waals surface area contributed by atoms with E-state index in [2.05, 4.69) is 15.1 Å². The second kappa shape index (κ2) is 14.5. The van der Waals surface area contributed by atoms with E-state index in [4.69, 9.17) is 35.4 Å². The van der Waals surface area contributed by atoms with Gasteiger partial charge in [0.05, 0.1) is 51.4 Å². The van der Waals surface area contributed by atoms with Gasteiger partial charge < -0.3 is 35.4 Å². The Balaban J connectivity index is 1.15. The van der Waals surface area contributed by atoms with Crippen LogP contribution in [0.3, 0.4) is 0 Å². The van der Waals surface area contributed by atoms with Gasteiger partial charge in [-0.25, -0.2) is 14.5 Å². The van der Waals surface area contributed by atoms with E-state index in [9.17, 15) is 4.79 Å². The summed E-state index contributed by atoms with van der Waals surface area (Å²) < 4.78 is 23.7. The highest BCUT2D eigenvalue weighted by molar-refractivity contribution is 5.93. The molecule has 0 unspecified atom stereocenters. The maximum absolute atomic E-state index is 12.9. The first-order valence-electron chi connectivity index (χ1n) is 14.7. The number of rotatable bonds is 16. The number of ketones is 1. The molecule has 0 spiro atoms. The normalized spacial score (nSPS) is 17.3. The van der Waals surface area contributed by atoms with Crippen LogP contribution in [-0.4, -0.2) is 83.6 Å². The zero-order valence-electron chi connectivity index (χ0n) is 24.2. The summed E-state index contributed by atoms with van der Waals surface area (Å²) >= 11 is 0. The molecule has 3 heterocycles. The first-order chi connectivity index (χ1) is 20.6. The van der Waals surface area contributed by atoms with E-state index < -0.39 is 0 Å². The number of ether oxygens (including phenoxy) is 4. The maximum atomic E-state index is 12.9. The van der Waals surface area contributed by atoms with Crippen molar-refractivity contribution in [3.05, 3.63) is 36.4 Å². The van der Waals surface area contributed by atoms with Crippen molar-refractivity contribution >= 4 is 28.0 Å². The van der Waals surface area contributed by atoms with Gasteiger partial charge in [0.15, 0.2) is 5.82 Å². The minimum atomic E-state index is 0.0738. The van der Waals surface area contributed by atoms with Gasteiger partial charge in [0, 0.05) is 36.8 Å². The third-order valence-corrected chi connectivity index (χ3v) is 7.84. The standard InChI is InChI=1S/C30H41N7O5/c1-39-25-6-2-4-22-18-23(35-26(22)25)27-28-29(32)33-19-34-37(28)30(36-27)21-9-7-20(8-10-21)24(38)5-3-12-40-14-16-42-17-15-41-13-11-31/h2,4,6,18-21,35H,3,5,7-17,31H2,1H3,(H2,32,33,34). The average Bonchev–Trinajstić information content (AvgIpc) is 3.62. The van der Waals surface area contributed by atoms with Crippen LogP contribution in [0.15, 0.2) is 30.6 Å². The van der Waals surface area contributed by atoms with Crippen LogP contribution >= 0.6 is 0 Å². The molecule has 12 nitrogen and oxygen atoms in total. The fourth-order valence-corrected chi connectivity index (χ4v) is 5.71. The van der Waals surface area contributed by atoms with Gasteiger partial charge in [0.2, 0.25) is 0 Å². The molecule has 0 bridgehead atoms. The molecule has 0 amide bonds. The number of Topliss-reactive ketones (excluding diaryl/α,β-unsaturated/α-hetero) is 1. The topological polar surface area (TPSA) is 165 Å². The number of para-hydroxylation sites is 1. The van der Waals surface area contributed by atoms with E-state index in [1.165, 1.54) is 6.33 Å². The monoisotopic (exact) mass is 579 g/mol. The number of carbonyl (C=O) groups excluding carboxylic acids is 1. The van der Waals surface area contributed by atoms with Crippen LogP contribution in [0.4, 0.5) is 5.82 Å². The third kappa shape index (κ3) is 6.89.